The Labute approximate surface area is 239 Å². The number of likely N-dealkylation sites (tertiary alicyclic amines) is 1. The van der Waals surface area contributed by atoms with Crippen LogP contribution in [-0.2, 0) is 11.0 Å². The van der Waals surface area contributed by atoms with Crippen molar-refractivity contribution >= 4 is 36.4 Å². The zero-order chi connectivity index (χ0) is 27.6. The normalized spacial score (nSPS) is 19.0. The first-order valence-corrected chi connectivity index (χ1v) is 17.4. The first kappa shape index (κ1) is 28.2. The van der Waals surface area contributed by atoms with Crippen molar-refractivity contribution in [1.29, 1.82) is 0 Å². The molecule has 2 heterocycles. The van der Waals surface area contributed by atoms with E-state index >= 15 is 0 Å². The van der Waals surface area contributed by atoms with Gasteiger partial charge >= 0.3 is 0 Å². The van der Waals surface area contributed by atoms with Crippen molar-refractivity contribution in [3.63, 3.8) is 0 Å². The van der Waals surface area contributed by atoms with Gasteiger partial charge in [0.2, 0.25) is 0 Å². The summed E-state index contributed by atoms with van der Waals surface area (Å²) in [4.78, 5) is 16.6. The van der Waals surface area contributed by atoms with Gasteiger partial charge in [-0.15, -0.1) is 11.8 Å². The molecule has 0 saturated carbocycles. The molecule has 2 atom stereocenters. The van der Waals surface area contributed by atoms with E-state index in [1.807, 2.05) is 0 Å². The number of thioether (sulfide) groups is 1. The van der Waals surface area contributed by atoms with Gasteiger partial charge in [0.15, 0.2) is 0 Å². The quantitative estimate of drug-likeness (QED) is 0.272. The second kappa shape index (κ2) is 11.6. The predicted octanol–water partition coefficient (Wildman–Crippen LogP) is 6.00. The Morgan fingerprint density at radius 1 is 1.05 bits per heavy atom. The van der Waals surface area contributed by atoms with E-state index in [4.69, 9.17) is 4.43 Å². The maximum absolute atomic E-state index is 12.8. The molecule has 1 N–H and O–H groups in total. The van der Waals surface area contributed by atoms with Gasteiger partial charge < -0.3 is 9.74 Å². The van der Waals surface area contributed by atoms with Gasteiger partial charge in [-0.1, -0.05) is 88.4 Å². The van der Waals surface area contributed by atoms with Crippen LogP contribution < -0.4 is 15.7 Å². The van der Waals surface area contributed by atoms with Crippen LogP contribution in [0.4, 0.5) is 0 Å². The fraction of sp³-hybridized carbons (Fsp3) is 0.424. The SMILES string of the molecule is CSc1cc(C(CO[Si](c2ccccc2)(c2ccccc2)C(C)(C)C)N2CCC[C@H](C)C2)cc2c1CNC2=O. The lowest BCUT2D eigenvalue weighted by atomic mass is 9.95. The summed E-state index contributed by atoms with van der Waals surface area (Å²) in [7, 11) is -2.69. The lowest BCUT2D eigenvalue weighted by Gasteiger charge is -2.45. The highest BCUT2D eigenvalue weighted by Crippen LogP contribution is 2.39. The van der Waals surface area contributed by atoms with Crippen molar-refractivity contribution in [1.82, 2.24) is 10.2 Å². The van der Waals surface area contributed by atoms with Gasteiger partial charge in [0.25, 0.3) is 14.2 Å². The Morgan fingerprint density at radius 3 is 2.26 bits per heavy atom. The molecule has 6 heteroatoms. The molecule has 1 saturated heterocycles. The van der Waals surface area contributed by atoms with Crippen LogP contribution >= 0.6 is 11.8 Å². The predicted molar refractivity (Wildman–Crippen MR) is 166 cm³/mol. The van der Waals surface area contributed by atoms with E-state index < -0.39 is 8.32 Å². The number of hydrogen-bond donors (Lipinski definition) is 1. The number of rotatable bonds is 8. The van der Waals surface area contributed by atoms with E-state index in [-0.39, 0.29) is 17.0 Å². The third-order valence-corrected chi connectivity index (χ3v) is 14.3. The average molecular weight is 559 g/mol. The highest BCUT2D eigenvalue weighted by molar-refractivity contribution is 7.98. The Kier molecular flexibility index (Phi) is 8.39. The van der Waals surface area contributed by atoms with E-state index in [1.54, 1.807) is 11.8 Å². The van der Waals surface area contributed by atoms with Gasteiger partial charge in [0.05, 0.1) is 12.6 Å². The van der Waals surface area contributed by atoms with Crippen LogP contribution in [0.25, 0.3) is 0 Å². The fourth-order valence-electron chi connectivity index (χ4n) is 6.58. The highest BCUT2D eigenvalue weighted by atomic mass is 32.2. The Morgan fingerprint density at radius 2 is 1.69 bits per heavy atom. The highest BCUT2D eigenvalue weighted by Gasteiger charge is 2.50. The molecule has 1 fully saturated rings. The Balaban J connectivity index is 1.61. The van der Waals surface area contributed by atoms with E-state index in [0.717, 1.165) is 24.2 Å². The van der Waals surface area contributed by atoms with E-state index in [1.165, 1.54) is 33.7 Å². The minimum Gasteiger partial charge on any atom is -0.405 e. The van der Waals surface area contributed by atoms with Crippen LogP contribution in [-0.4, -0.2) is 45.1 Å². The number of hydrogen-bond acceptors (Lipinski definition) is 4. The molecule has 0 aliphatic carbocycles. The Hall–Kier alpha value is -2.38. The first-order chi connectivity index (χ1) is 18.7. The molecule has 0 spiro atoms. The number of amides is 1. The van der Waals surface area contributed by atoms with Gasteiger partial charge in [0.1, 0.15) is 0 Å². The fourth-order valence-corrected chi connectivity index (χ4v) is 11.8. The molecule has 3 aromatic rings. The minimum absolute atomic E-state index is 0.0424. The second-order valence-electron chi connectivity index (χ2n) is 12.2. The maximum atomic E-state index is 12.8. The van der Waals surface area contributed by atoms with Crippen LogP contribution in [0.2, 0.25) is 5.04 Å². The summed E-state index contributed by atoms with van der Waals surface area (Å²) in [5, 5.41) is 5.55. The van der Waals surface area contributed by atoms with Gasteiger partial charge in [0, 0.05) is 23.5 Å². The number of carbonyl (C=O) groups is 1. The number of carbonyl (C=O) groups excluding carboxylic acids is 1. The van der Waals surface area contributed by atoms with Crippen molar-refractivity contribution < 1.29 is 9.22 Å². The van der Waals surface area contributed by atoms with Gasteiger partial charge in [-0.3, -0.25) is 9.69 Å². The van der Waals surface area contributed by atoms with Gasteiger partial charge in [-0.2, -0.15) is 0 Å². The smallest absolute Gasteiger partial charge is 0.261 e. The molecule has 1 amide bonds. The molecule has 0 radical (unpaired) electrons. The van der Waals surface area contributed by atoms with Crippen LogP contribution in [0.3, 0.4) is 0 Å². The monoisotopic (exact) mass is 558 g/mol. The average Bonchev–Trinajstić information content (AvgIpc) is 3.31. The summed E-state index contributed by atoms with van der Waals surface area (Å²) in [5.74, 6) is 0.688. The summed E-state index contributed by atoms with van der Waals surface area (Å²) in [6, 6.07) is 26.3. The minimum atomic E-state index is -2.69. The molecule has 206 valence electrons. The van der Waals surface area contributed by atoms with Crippen LogP contribution in [0.1, 0.15) is 68.1 Å². The third-order valence-electron chi connectivity index (χ3n) is 8.51. The Bertz CT molecular complexity index is 1250. The first-order valence-electron chi connectivity index (χ1n) is 14.2. The molecule has 2 aliphatic heterocycles. The molecule has 1 unspecified atom stereocenters. The molecular formula is C33H42N2O2SSi. The molecular weight excluding hydrogens is 517 g/mol. The standard InChI is InChI=1S/C33H42N2O2SSi/c1-24-13-12-18-35(22-24)30(25-19-28-29(21-34-32(28)36)31(20-25)38-5)23-37-39(33(2,3)4,26-14-8-6-9-15-26)27-16-10-7-11-17-27/h6-11,14-17,19-20,24,30H,12-13,18,21-23H2,1-5H3,(H,34,36)/t24-,30?/m0/s1. The number of nitrogens with one attached hydrogen (secondary N) is 1. The lowest BCUT2D eigenvalue weighted by Crippen LogP contribution is -2.67. The lowest BCUT2D eigenvalue weighted by molar-refractivity contribution is 0.0882. The molecule has 0 bridgehead atoms. The summed E-state index contributed by atoms with van der Waals surface area (Å²) < 4.78 is 7.48. The molecule has 0 aromatic heterocycles. The summed E-state index contributed by atoms with van der Waals surface area (Å²) in [6.07, 6.45) is 4.57. The van der Waals surface area contributed by atoms with Crippen LogP contribution in [0.5, 0.6) is 0 Å². The van der Waals surface area contributed by atoms with Gasteiger partial charge in [-0.05, 0) is 70.2 Å². The second-order valence-corrected chi connectivity index (χ2v) is 17.3. The van der Waals surface area contributed by atoms with Crippen molar-refractivity contribution in [3.05, 3.63) is 89.5 Å². The summed E-state index contributed by atoms with van der Waals surface area (Å²) >= 11 is 1.73. The van der Waals surface area contributed by atoms with Crippen molar-refractivity contribution in [2.45, 2.75) is 63.1 Å². The van der Waals surface area contributed by atoms with Crippen LogP contribution in [0.15, 0.2) is 77.7 Å². The molecule has 4 nitrogen and oxygen atoms in total. The zero-order valence-corrected chi connectivity index (χ0v) is 25.8. The number of nitrogens with zero attached hydrogens (tertiary/aromatic N) is 1. The zero-order valence-electron chi connectivity index (χ0n) is 24.0. The molecule has 3 aromatic carbocycles. The van der Waals surface area contributed by atoms with E-state index in [9.17, 15) is 4.79 Å². The largest absolute Gasteiger partial charge is 0.405 e. The summed E-state index contributed by atoms with van der Waals surface area (Å²) in [5.41, 5.74) is 3.16. The van der Waals surface area contributed by atoms with Crippen molar-refractivity contribution in [3.8, 4) is 0 Å². The van der Waals surface area contributed by atoms with Crippen molar-refractivity contribution in [2.75, 3.05) is 26.0 Å². The maximum Gasteiger partial charge on any atom is 0.261 e. The van der Waals surface area contributed by atoms with Crippen LogP contribution in [0, 0.1) is 5.92 Å². The number of piperidine rings is 1. The van der Waals surface area contributed by atoms with E-state index in [0.29, 0.717) is 19.1 Å². The molecule has 2 aliphatic rings. The van der Waals surface area contributed by atoms with E-state index in [2.05, 4.69) is 117 Å². The molecule has 39 heavy (non-hydrogen) atoms. The van der Waals surface area contributed by atoms with Gasteiger partial charge in [-0.25, -0.2) is 0 Å². The molecule has 5 rings (SSSR count). The number of fused-ring (bicyclic) bond motifs is 1. The third kappa shape index (κ3) is 5.49. The van der Waals surface area contributed by atoms with Crippen molar-refractivity contribution in [2.24, 2.45) is 5.92 Å². The number of benzene rings is 3. The summed E-state index contributed by atoms with van der Waals surface area (Å²) in [6.45, 7) is 12.7. The topological polar surface area (TPSA) is 41.6 Å².